The molecule has 1 aromatic rings. The molecule has 0 spiro atoms. The Kier molecular flexibility index (Phi) is 3.15. The van der Waals surface area contributed by atoms with Crippen LogP contribution in [-0.4, -0.2) is 42.0 Å². The maximum absolute atomic E-state index is 10.9. The fraction of sp³-hybridized carbons (Fsp3) is 0.556. The monoisotopic (exact) mass is 230 g/mol. The minimum Gasteiger partial charge on any atom is -0.361 e. The number of Topliss-reactive ketones (excluding diaryl/α,β-unsaturated/α-hetero) is 1. The molecule has 1 heterocycles. The Hall–Kier alpha value is -1.28. The summed E-state index contributed by atoms with van der Waals surface area (Å²) in [5, 5.41) is 37.9. The van der Waals surface area contributed by atoms with Gasteiger partial charge in [0, 0.05) is 13.3 Å². The van der Waals surface area contributed by atoms with Crippen molar-refractivity contribution in [3.05, 3.63) is 17.7 Å². The Morgan fingerprint density at radius 3 is 2.38 bits per heavy atom. The second kappa shape index (κ2) is 3.95. The number of nitrogens with one attached hydrogen (secondary N) is 1. The molecule has 0 aromatic carbocycles. The number of ketones is 1. The second-order valence-corrected chi connectivity index (χ2v) is 3.54. The van der Waals surface area contributed by atoms with E-state index in [1.807, 2.05) is 0 Å². The number of hydrogen-bond donors (Lipinski definition) is 5. The van der Waals surface area contributed by atoms with E-state index < -0.39 is 17.4 Å². The third-order valence-electron chi connectivity index (χ3n) is 2.34. The number of imidazole rings is 1. The highest BCUT2D eigenvalue weighted by atomic mass is 16.6. The molecular formula is C9H14N2O5. The van der Waals surface area contributed by atoms with Gasteiger partial charge in [-0.05, 0) is 0 Å². The predicted octanol–water partition coefficient (Wildman–Crippen LogP) is -1.16. The van der Waals surface area contributed by atoms with Gasteiger partial charge in [0.25, 0.3) is 5.79 Å². The highest BCUT2D eigenvalue weighted by Crippen LogP contribution is 2.29. The highest BCUT2D eigenvalue weighted by Gasteiger charge is 2.48. The summed E-state index contributed by atoms with van der Waals surface area (Å²) in [5.41, 5.74) is -0.357. The van der Waals surface area contributed by atoms with Crippen LogP contribution in [0.25, 0.3) is 0 Å². The summed E-state index contributed by atoms with van der Waals surface area (Å²) >= 11 is 0. The molecular weight excluding hydrogens is 216 g/mol. The van der Waals surface area contributed by atoms with Crippen LogP contribution in [0.2, 0.25) is 0 Å². The summed E-state index contributed by atoms with van der Waals surface area (Å²) in [6.07, 6.45) is 0.655. The zero-order chi connectivity index (χ0) is 12.6. The van der Waals surface area contributed by atoms with Crippen molar-refractivity contribution in [1.82, 2.24) is 9.97 Å². The summed E-state index contributed by atoms with van der Waals surface area (Å²) in [7, 11) is 0. The maximum atomic E-state index is 10.9. The molecule has 0 aliphatic rings. The summed E-state index contributed by atoms with van der Waals surface area (Å²) in [6.45, 7) is 2.60. The number of nitrogens with zero attached hydrogens (tertiary/aromatic N) is 1. The van der Waals surface area contributed by atoms with Crippen LogP contribution in [0, 0.1) is 0 Å². The first kappa shape index (κ1) is 12.8. The molecule has 0 amide bonds. The number of aromatic nitrogens is 2. The van der Waals surface area contributed by atoms with Gasteiger partial charge in [0.15, 0.2) is 11.6 Å². The molecule has 1 rings (SSSR count). The number of H-pyrrole nitrogens is 1. The van der Waals surface area contributed by atoms with Gasteiger partial charge < -0.3 is 25.4 Å². The summed E-state index contributed by atoms with van der Waals surface area (Å²) < 4.78 is 0. The van der Waals surface area contributed by atoms with Gasteiger partial charge in [0.1, 0.15) is 5.69 Å². The van der Waals surface area contributed by atoms with E-state index in [1.165, 1.54) is 13.8 Å². The summed E-state index contributed by atoms with van der Waals surface area (Å²) in [5.74, 6) is -6.13. The van der Waals surface area contributed by atoms with Gasteiger partial charge in [-0.2, -0.15) is 0 Å². The quantitative estimate of drug-likeness (QED) is 0.328. The van der Waals surface area contributed by atoms with Gasteiger partial charge in [0.05, 0.1) is 6.20 Å². The smallest absolute Gasteiger partial charge is 0.262 e. The van der Waals surface area contributed by atoms with Crippen molar-refractivity contribution in [3.63, 3.8) is 0 Å². The first-order valence-electron chi connectivity index (χ1n) is 4.68. The van der Waals surface area contributed by atoms with Crippen molar-refractivity contribution in [1.29, 1.82) is 0 Å². The van der Waals surface area contributed by atoms with Gasteiger partial charge in [-0.3, -0.25) is 4.79 Å². The zero-order valence-electron chi connectivity index (χ0n) is 8.93. The topological polar surface area (TPSA) is 127 Å². The molecule has 0 atom stereocenters. The van der Waals surface area contributed by atoms with Gasteiger partial charge in [-0.1, -0.05) is 6.92 Å². The van der Waals surface area contributed by atoms with Crippen LogP contribution >= 0.6 is 0 Å². The molecule has 0 aliphatic carbocycles. The fourth-order valence-corrected chi connectivity index (χ4v) is 1.14. The number of aliphatic hydroxyl groups is 4. The lowest BCUT2D eigenvalue weighted by Crippen LogP contribution is -2.51. The lowest BCUT2D eigenvalue weighted by atomic mass is 10.0. The van der Waals surface area contributed by atoms with E-state index >= 15 is 0 Å². The first-order chi connectivity index (χ1) is 7.22. The van der Waals surface area contributed by atoms with Crippen molar-refractivity contribution in [3.8, 4) is 0 Å². The van der Waals surface area contributed by atoms with Crippen molar-refractivity contribution in [2.24, 2.45) is 0 Å². The number of rotatable bonds is 4. The Morgan fingerprint density at radius 1 is 1.44 bits per heavy atom. The van der Waals surface area contributed by atoms with Gasteiger partial charge in [0.2, 0.25) is 5.79 Å². The Balaban J connectivity index is 3.12. The van der Waals surface area contributed by atoms with E-state index in [2.05, 4.69) is 9.97 Å². The van der Waals surface area contributed by atoms with Crippen LogP contribution in [0.3, 0.4) is 0 Å². The number of carbonyl (C=O) groups is 1. The maximum Gasteiger partial charge on any atom is 0.262 e. The molecule has 7 nitrogen and oxygen atoms in total. The largest absolute Gasteiger partial charge is 0.361 e. The summed E-state index contributed by atoms with van der Waals surface area (Å²) in [6, 6.07) is 0. The van der Waals surface area contributed by atoms with Crippen LogP contribution < -0.4 is 0 Å². The molecule has 0 aliphatic heterocycles. The van der Waals surface area contributed by atoms with Crippen molar-refractivity contribution < 1.29 is 25.2 Å². The Morgan fingerprint density at radius 2 is 2.00 bits per heavy atom. The minimum atomic E-state index is -2.91. The van der Waals surface area contributed by atoms with Crippen molar-refractivity contribution in [2.75, 3.05) is 0 Å². The number of aromatic amines is 1. The standard InChI is InChI=1S/C9H14N2O5/c1-3-8(13,14)9(15,16)6-4-10-7(11-6)5(2)12/h4,13-16H,3H2,1-2H3,(H,10,11). The molecule has 0 bridgehead atoms. The predicted molar refractivity (Wildman–Crippen MR) is 52.2 cm³/mol. The normalized spacial score (nSPS) is 12.9. The molecule has 0 radical (unpaired) electrons. The van der Waals surface area contributed by atoms with Crippen LogP contribution in [-0.2, 0) is 5.79 Å². The molecule has 7 heteroatoms. The lowest BCUT2D eigenvalue weighted by Gasteiger charge is -2.32. The van der Waals surface area contributed by atoms with E-state index in [0.29, 0.717) is 0 Å². The Labute approximate surface area is 91.4 Å². The van der Waals surface area contributed by atoms with Gasteiger partial charge >= 0.3 is 0 Å². The second-order valence-electron chi connectivity index (χ2n) is 3.54. The third-order valence-corrected chi connectivity index (χ3v) is 2.34. The highest BCUT2D eigenvalue weighted by molar-refractivity contribution is 5.90. The number of hydrogen-bond acceptors (Lipinski definition) is 6. The molecule has 0 saturated carbocycles. The molecule has 1 aromatic heterocycles. The van der Waals surface area contributed by atoms with E-state index in [9.17, 15) is 25.2 Å². The van der Waals surface area contributed by atoms with E-state index in [1.54, 1.807) is 0 Å². The first-order valence-corrected chi connectivity index (χ1v) is 4.68. The third kappa shape index (κ3) is 1.98. The Bertz CT molecular complexity index is 396. The zero-order valence-corrected chi connectivity index (χ0v) is 8.93. The van der Waals surface area contributed by atoms with Crippen LogP contribution in [0.5, 0.6) is 0 Å². The number of carbonyl (C=O) groups excluding carboxylic acids is 1. The SMILES string of the molecule is CCC(O)(O)C(O)(O)c1cnc(C(C)=O)[nH]1. The molecule has 16 heavy (non-hydrogen) atoms. The molecule has 90 valence electrons. The van der Waals surface area contributed by atoms with Crippen LogP contribution in [0.4, 0.5) is 0 Å². The molecule has 5 N–H and O–H groups in total. The van der Waals surface area contributed by atoms with Crippen LogP contribution in [0.15, 0.2) is 6.20 Å². The summed E-state index contributed by atoms with van der Waals surface area (Å²) in [4.78, 5) is 16.8. The minimum absolute atomic E-state index is 0.0885. The van der Waals surface area contributed by atoms with Gasteiger partial charge in [-0.15, -0.1) is 0 Å². The lowest BCUT2D eigenvalue weighted by molar-refractivity contribution is -0.368. The van der Waals surface area contributed by atoms with E-state index in [4.69, 9.17) is 0 Å². The molecule has 0 unspecified atom stereocenters. The molecule has 0 saturated heterocycles. The average Bonchev–Trinajstić information content (AvgIpc) is 2.66. The van der Waals surface area contributed by atoms with Gasteiger partial charge in [-0.25, -0.2) is 4.98 Å². The van der Waals surface area contributed by atoms with Crippen LogP contribution in [0.1, 0.15) is 36.6 Å². The van der Waals surface area contributed by atoms with E-state index in [-0.39, 0.29) is 17.9 Å². The average molecular weight is 230 g/mol. The van der Waals surface area contributed by atoms with Crippen molar-refractivity contribution in [2.45, 2.75) is 31.8 Å². The molecule has 0 fully saturated rings. The van der Waals surface area contributed by atoms with Crippen molar-refractivity contribution >= 4 is 5.78 Å². The van der Waals surface area contributed by atoms with E-state index in [0.717, 1.165) is 6.20 Å². The fourth-order valence-electron chi connectivity index (χ4n) is 1.14.